The third-order valence-corrected chi connectivity index (χ3v) is 9.22. The first-order valence-electron chi connectivity index (χ1n) is 11.6. The van der Waals surface area contributed by atoms with Crippen molar-refractivity contribution >= 4 is 57.2 Å². The van der Waals surface area contributed by atoms with Gasteiger partial charge in [0.15, 0.2) is 10.1 Å². The standard InChI is InChI=1S/C26H18ClFN6O2S2/c27-14-6-4-13(5-7-14)12-37-25-33-32-24(38-25)34-19-2-1-3-20(35)21(19)26(17(11-29)22(34)30)16-10-15(28)8-9-18(16)31-23(26)36/h4-10H,1-3,12,30H2,(H,31,36)/t26-/m0/s1. The number of nitrogens with two attached hydrogens (primary N) is 1. The summed E-state index contributed by atoms with van der Waals surface area (Å²) in [4.78, 5) is 28.7. The Morgan fingerprint density at radius 3 is 2.76 bits per heavy atom. The summed E-state index contributed by atoms with van der Waals surface area (Å²) in [6.45, 7) is 0. The van der Waals surface area contributed by atoms with Crippen LogP contribution in [0.5, 0.6) is 0 Å². The van der Waals surface area contributed by atoms with Crippen LogP contribution in [-0.2, 0) is 20.8 Å². The zero-order chi connectivity index (χ0) is 26.6. The van der Waals surface area contributed by atoms with Crippen LogP contribution in [0.3, 0.4) is 0 Å². The SMILES string of the molecule is N#CC1=C(N)N(c2nnc(SCc3ccc(Cl)cc3)s2)C2=C(C(=O)CCC2)[C@@]12C(=O)Nc1ccc(F)cc12. The lowest BCUT2D eigenvalue weighted by atomic mass is 9.64. The van der Waals surface area contributed by atoms with Crippen LogP contribution in [0, 0.1) is 17.1 Å². The van der Waals surface area contributed by atoms with Gasteiger partial charge in [-0.05, 0) is 48.7 Å². The van der Waals surface area contributed by atoms with Gasteiger partial charge in [-0.2, -0.15) is 5.26 Å². The molecule has 2 aliphatic heterocycles. The normalized spacial score (nSPS) is 20.5. The number of ketones is 1. The summed E-state index contributed by atoms with van der Waals surface area (Å²) in [5, 5.41) is 22.7. The molecule has 38 heavy (non-hydrogen) atoms. The maximum absolute atomic E-state index is 14.4. The molecule has 6 rings (SSSR count). The smallest absolute Gasteiger partial charge is 0.245 e. The van der Waals surface area contributed by atoms with Crippen LogP contribution >= 0.6 is 34.7 Å². The molecule has 1 aromatic heterocycles. The van der Waals surface area contributed by atoms with Crippen molar-refractivity contribution in [3.8, 4) is 6.07 Å². The van der Waals surface area contributed by atoms with Crippen molar-refractivity contribution in [1.29, 1.82) is 5.26 Å². The number of hydrogen-bond acceptors (Lipinski definition) is 9. The third-order valence-electron chi connectivity index (χ3n) is 6.85. The van der Waals surface area contributed by atoms with E-state index in [4.69, 9.17) is 17.3 Å². The van der Waals surface area contributed by atoms with Gasteiger partial charge in [0.2, 0.25) is 11.0 Å². The number of aromatic nitrogens is 2. The van der Waals surface area contributed by atoms with E-state index in [0.29, 0.717) is 44.5 Å². The number of thioether (sulfide) groups is 1. The molecule has 3 aliphatic rings. The van der Waals surface area contributed by atoms with Crippen molar-refractivity contribution in [3.05, 3.63) is 87.1 Å². The summed E-state index contributed by atoms with van der Waals surface area (Å²) in [6.07, 6.45) is 1.16. The van der Waals surface area contributed by atoms with Gasteiger partial charge in [-0.3, -0.25) is 14.5 Å². The van der Waals surface area contributed by atoms with Crippen LogP contribution in [0.4, 0.5) is 15.2 Å². The van der Waals surface area contributed by atoms with E-state index in [1.54, 1.807) is 4.90 Å². The van der Waals surface area contributed by atoms with Gasteiger partial charge in [0.05, 0.1) is 5.57 Å². The summed E-state index contributed by atoms with van der Waals surface area (Å²) < 4.78 is 15.1. The molecule has 8 nitrogen and oxygen atoms in total. The predicted molar refractivity (Wildman–Crippen MR) is 143 cm³/mol. The van der Waals surface area contributed by atoms with Crippen molar-refractivity contribution in [2.24, 2.45) is 5.73 Å². The molecule has 0 bridgehead atoms. The highest BCUT2D eigenvalue weighted by Crippen LogP contribution is 2.55. The van der Waals surface area contributed by atoms with Gasteiger partial charge in [-0.15, -0.1) is 10.2 Å². The number of allylic oxidation sites excluding steroid dienone is 1. The molecule has 0 saturated carbocycles. The fourth-order valence-electron chi connectivity index (χ4n) is 5.26. The quantitative estimate of drug-likeness (QED) is 0.422. The molecule has 0 unspecified atom stereocenters. The van der Waals surface area contributed by atoms with Crippen molar-refractivity contribution in [2.45, 2.75) is 34.8 Å². The summed E-state index contributed by atoms with van der Waals surface area (Å²) in [7, 11) is 0. The summed E-state index contributed by atoms with van der Waals surface area (Å²) in [5.74, 6) is -0.867. The van der Waals surface area contributed by atoms with Gasteiger partial charge in [-0.25, -0.2) is 4.39 Å². The van der Waals surface area contributed by atoms with Crippen LogP contribution in [0.1, 0.15) is 30.4 Å². The number of nitrogens with zero attached hydrogens (tertiary/aromatic N) is 4. The Bertz CT molecular complexity index is 1630. The van der Waals surface area contributed by atoms with Gasteiger partial charge in [0.1, 0.15) is 23.1 Å². The molecule has 1 spiro atoms. The van der Waals surface area contributed by atoms with E-state index >= 15 is 0 Å². The topological polar surface area (TPSA) is 125 Å². The van der Waals surface area contributed by atoms with Gasteiger partial charge in [0.25, 0.3) is 0 Å². The minimum Gasteiger partial charge on any atom is -0.384 e. The highest BCUT2D eigenvalue weighted by molar-refractivity contribution is 8.00. The molecule has 3 N–H and O–H groups in total. The molecule has 1 amide bonds. The second-order valence-electron chi connectivity index (χ2n) is 8.97. The first-order valence-corrected chi connectivity index (χ1v) is 13.8. The number of nitrogens with one attached hydrogen (secondary N) is 1. The van der Waals surface area contributed by atoms with E-state index in [1.165, 1.54) is 41.3 Å². The Labute approximate surface area is 230 Å². The molecule has 190 valence electrons. The van der Waals surface area contributed by atoms with Crippen LogP contribution in [-0.4, -0.2) is 21.9 Å². The Hall–Kier alpha value is -3.72. The van der Waals surface area contributed by atoms with Crippen LogP contribution < -0.4 is 16.0 Å². The minimum absolute atomic E-state index is 0.0291. The Morgan fingerprint density at radius 2 is 2.00 bits per heavy atom. The van der Waals surface area contributed by atoms with Crippen molar-refractivity contribution in [3.63, 3.8) is 0 Å². The second kappa shape index (κ2) is 9.23. The molecule has 3 aromatic rings. The number of anilines is 2. The van der Waals surface area contributed by atoms with E-state index in [9.17, 15) is 19.2 Å². The fourth-order valence-corrected chi connectivity index (χ4v) is 7.22. The molecule has 0 saturated heterocycles. The predicted octanol–water partition coefficient (Wildman–Crippen LogP) is 5.03. The molecule has 12 heteroatoms. The molecule has 1 atom stereocenters. The van der Waals surface area contributed by atoms with Crippen molar-refractivity contribution < 1.29 is 14.0 Å². The number of benzene rings is 2. The maximum atomic E-state index is 14.4. The summed E-state index contributed by atoms with van der Waals surface area (Å²) in [5.41, 5.74) is 6.87. The Balaban J connectivity index is 1.46. The zero-order valence-electron chi connectivity index (χ0n) is 19.6. The lowest BCUT2D eigenvalue weighted by Gasteiger charge is -2.42. The van der Waals surface area contributed by atoms with Crippen LogP contribution in [0.25, 0.3) is 0 Å². The molecular formula is C26H18ClFN6O2S2. The number of rotatable bonds is 4. The van der Waals surface area contributed by atoms with Crippen LogP contribution in [0.2, 0.25) is 5.02 Å². The lowest BCUT2D eigenvalue weighted by molar-refractivity contribution is -0.122. The largest absolute Gasteiger partial charge is 0.384 e. The van der Waals surface area contributed by atoms with E-state index in [1.807, 2.05) is 24.3 Å². The van der Waals surface area contributed by atoms with Crippen molar-refractivity contribution in [1.82, 2.24) is 10.2 Å². The average Bonchev–Trinajstić information content (AvgIpc) is 3.47. The number of carbonyl (C=O) groups excluding carboxylic acids is 2. The highest BCUT2D eigenvalue weighted by atomic mass is 35.5. The molecular weight excluding hydrogens is 547 g/mol. The summed E-state index contributed by atoms with van der Waals surface area (Å²) >= 11 is 8.71. The monoisotopic (exact) mass is 564 g/mol. The molecule has 0 radical (unpaired) electrons. The minimum atomic E-state index is -1.82. The molecule has 0 fully saturated rings. The van der Waals surface area contributed by atoms with Crippen LogP contribution in [0.15, 0.2) is 69.5 Å². The number of fused-ring (bicyclic) bond motifs is 3. The maximum Gasteiger partial charge on any atom is 0.245 e. The Morgan fingerprint density at radius 1 is 1.21 bits per heavy atom. The van der Waals surface area contributed by atoms with E-state index in [-0.39, 0.29) is 34.7 Å². The second-order valence-corrected chi connectivity index (χ2v) is 11.6. The van der Waals surface area contributed by atoms with Gasteiger partial charge < -0.3 is 11.1 Å². The van der Waals surface area contributed by atoms with E-state index in [2.05, 4.69) is 21.6 Å². The van der Waals surface area contributed by atoms with E-state index < -0.39 is 17.1 Å². The van der Waals surface area contributed by atoms with Gasteiger partial charge in [-0.1, -0.05) is 46.8 Å². The van der Waals surface area contributed by atoms with Crippen molar-refractivity contribution in [2.75, 3.05) is 10.2 Å². The molecule has 1 aliphatic carbocycles. The number of hydrogen-bond donors (Lipinski definition) is 2. The summed E-state index contributed by atoms with van der Waals surface area (Å²) in [6, 6.07) is 13.4. The molecule has 2 aromatic carbocycles. The molecule has 3 heterocycles. The Kier molecular flexibility index (Phi) is 5.98. The first kappa shape index (κ1) is 24.6. The fraction of sp³-hybridized carbons (Fsp3) is 0.192. The number of halogens is 2. The number of amides is 1. The first-order chi connectivity index (χ1) is 18.3. The zero-order valence-corrected chi connectivity index (χ0v) is 22.0. The highest BCUT2D eigenvalue weighted by Gasteiger charge is 2.60. The van der Waals surface area contributed by atoms with Gasteiger partial charge in [0, 0.05) is 39.7 Å². The average molecular weight is 565 g/mol. The lowest BCUT2D eigenvalue weighted by Crippen LogP contribution is -2.50. The number of nitriles is 1. The van der Waals surface area contributed by atoms with Gasteiger partial charge >= 0.3 is 0 Å². The number of Topliss-reactive ketones (excluding diaryl/α,β-unsaturated/α-hetero) is 1. The third kappa shape index (κ3) is 3.63. The van der Waals surface area contributed by atoms with E-state index in [0.717, 1.165) is 5.56 Å². The number of carbonyl (C=O) groups is 2.